The van der Waals surface area contributed by atoms with Gasteiger partial charge in [0.25, 0.3) is 0 Å². The minimum atomic E-state index is -0.0572. The Bertz CT molecular complexity index is 799. The van der Waals surface area contributed by atoms with Crippen LogP contribution in [-0.4, -0.2) is 29.8 Å². The first-order valence-electron chi connectivity index (χ1n) is 9.41. The monoisotopic (exact) mass is 384 g/mol. The summed E-state index contributed by atoms with van der Waals surface area (Å²) in [5, 5.41) is 3.66. The predicted octanol–water partition coefficient (Wildman–Crippen LogP) is 4.46. The van der Waals surface area contributed by atoms with Crippen molar-refractivity contribution >= 4 is 29.1 Å². The van der Waals surface area contributed by atoms with E-state index in [0.29, 0.717) is 37.4 Å². The Morgan fingerprint density at radius 3 is 2.48 bits per heavy atom. The van der Waals surface area contributed by atoms with Crippen molar-refractivity contribution in [2.75, 3.05) is 18.4 Å². The highest BCUT2D eigenvalue weighted by Gasteiger charge is 2.27. The zero-order chi connectivity index (χ0) is 19.2. The van der Waals surface area contributed by atoms with E-state index in [1.807, 2.05) is 54.3 Å². The number of anilines is 1. The molecular weight excluding hydrogens is 360 g/mol. The van der Waals surface area contributed by atoms with Crippen LogP contribution in [0.2, 0.25) is 5.02 Å². The minimum absolute atomic E-state index is 0.0248. The lowest BCUT2D eigenvalue weighted by atomic mass is 9.95. The van der Waals surface area contributed by atoms with E-state index in [9.17, 15) is 9.59 Å². The van der Waals surface area contributed by atoms with Gasteiger partial charge in [-0.2, -0.15) is 0 Å². The van der Waals surface area contributed by atoms with Crippen LogP contribution in [0.5, 0.6) is 0 Å². The highest BCUT2D eigenvalue weighted by Crippen LogP contribution is 2.23. The lowest BCUT2D eigenvalue weighted by Gasteiger charge is -2.31. The van der Waals surface area contributed by atoms with Gasteiger partial charge in [0.15, 0.2) is 0 Å². The molecule has 142 valence electrons. The Hall–Kier alpha value is -2.33. The van der Waals surface area contributed by atoms with Gasteiger partial charge in [0.05, 0.1) is 0 Å². The van der Waals surface area contributed by atoms with Gasteiger partial charge in [0.2, 0.25) is 11.8 Å². The molecule has 0 radical (unpaired) electrons. The van der Waals surface area contributed by atoms with Crippen molar-refractivity contribution in [2.24, 2.45) is 5.92 Å². The maximum Gasteiger partial charge on any atom is 0.227 e. The zero-order valence-electron chi connectivity index (χ0n) is 15.6. The Balaban J connectivity index is 1.46. The van der Waals surface area contributed by atoms with E-state index in [2.05, 4.69) is 5.32 Å². The summed E-state index contributed by atoms with van der Waals surface area (Å²) in [7, 11) is 0. The molecule has 0 atom stereocenters. The number of piperidine rings is 1. The van der Waals surface area contributed by atoms with Gasteiger partial charge >= 0.3 is 0 Å². The number of hydrogen-bond acceptors (Lipinski definition) is 2. The van der Waals surface area contributed by atoms with Gasteiger partial charge in [-0.3, -0.25) is 9.59 Å². The lowest BCUT2D eigenvalue weighted by molar-refractivity contribution is -0.134. The Morgan fingerprint density at radius 1 is 1.11 bits per heavy atom. The molecule has 1 aliphatic rings. The number of hydrogen-bond donors (Lipinski definition) is 1. The van der Waals surface area contributed by atoms with E-state index >= 15 is 0 Å². The van der Waals surface area contributed by atoms with Gasteiger partial charge in [0, 0.05) is 36.1 Å². The first-order valence-corrected chi connectivity index (χ1v) is 9.79. The van der Waals surface area contributed by atoms with Gasteiger partial charge in [-0.15, -0.1) is 0 Å². The normalized spacial score (nSPS) is 14.8. The van der Waals surface area contributed by atoms with Crippen LogP contribution in [0.25, 0.3) is 0 Å². The summed E-state index contributed by atoms with van der Waals surface area (Å²) >= 11 is 5.96. The number of likely N-dealkylation sites (tertiary alicyclic amines) is 1. The molecule has 0 aliphatic carbocycles. The maximum absolute atomic E-state index is 12.5. The highest BCUT2D eigenvalue weighted by atomic mass is 35.5. The summed E-state index contributed by atoms with van der Waals surface area (Å²) in [6.45, 7) is 3.21. The molecule has 0 aromatic heterocycles. The third-order valence-corrected chi connectivity index (χ3v) is 5.37. The molecule has 0 unspecified atom stereocenters. The Labute approximate surface area is 165 Å². The summed E-state index contributed by atoms with van der Waals surface area (Å²) in [6, 6.07) is 15.5. The molecule has 1 fully saturated rings. The quantitative estimate of drug-likeness (QED) is 0.827. The first kappa shape index (κ1) is 19.4. The third kappa shape index (κ3) is 5.33. The summed E-state index contributed by atoms with van der Waals surface area (Å²) in [4.78, 5) is 26.9. The zero-order valence-corrected chi connectivity index (χ0v) is 16.3. The van der Waals surface area contributed by atoms with Gasteiger partial charge < -0.3 is 10.2 Å². The number of rotatable bonds is 5. The van der Waals surface area contributed by atoms with E-state index < -0.39 is 0 Å². The predicted molar refractivity (Wildman–Crippen MR) is 109 cm³/mol. The largest absolute Gasteiger partial charge is 0.343 e. The summed E-state index contributed by atoms with van der Waals surface area (Å²) in [5.74, 6) is 0.140. The molecule has 4 nitrogen and oxygen atoms in total. The molecule has 5 heteroatoms. The number of carbonyl (C=O) groups excluding carboxylic acids is 2. The van der Waals surface area contributed by atoms with E-state index in [1.165, 1.54) is 5.56 Å². The highest BCUT2D eigenvalue weighted by molar-refractivity contribution is 6.30. The van der Waals surface area contributed by atoms with Crippen LogP contribution in [0.3, 0.4) is 0 Å². The smallest absolute Gasteiger partial charge is 0.227 e. The number of amides is 2. The average Bonchev–Trinajstić information content (AvgIpc) is 2.69. The molecule has 0 saturated carbocycles. The van der Waals surface area contributed by atoms with Crippen molar-refractivity contribution in [3.8, 4) is 0 Å². The van der Waals surface area contributed by atoms with Crippen molar-refractivity contribution in [2.45, 2.75) is 32.6 Å². The molecule has 1 saturated heterocycles. The first-order chi connectivity index (χ1) is 13.0. The fourth-order valence-corrected chi connectivity index (χ4v) is 3.67. The number of nitrogens with zero attached hydrogens (tertiary/aromatic N) is 1. The van der Waals surface area contributed by atoms with Crippen LogP contribution < -0.4 is 5.32 Å². The van der Waals surface area contributed by atoms with Crippen LogP contribution in [0.15, 0.2) is 48.5 Å². The van der Waals surface area contributed by atoms with Crippen molar-refractivity contribution in [1.82, 2.24) is 4.90 Å². The van der Waals surface area contributed by atoms with Gasteiger partial charge in [-0.25, -0.2) is 0 Å². The van der Waals surface area contributed by atoms with Crippen molar-refractivity contribution in [3.63, 3.8) is 0 Å². The molecule has 2 amide bonds. The standard InChI is InChI=1S/C22H25ClN2O2/c1-16-15-19(23)8-9-20(16)24-22(27)18-11-13-25(14-12-18)21(26)10-7-17-5-3-2-4-6-17/h2-6,8-9,15,18H,7,10-14H2,1H3,(H,24,27). The van der Waals surface area contributed by atoms with Crippen molar-refractivity contribution < 1.29 is 9.59 Å². The van der Waals surface area contributed by atoms with Gasteiger partial charge in [-0.1, -0.05) is 41.9 Å². The number of nitrogens with one attached hydrogen (secondary N) is 1. The Morgan fingerprint density at radius 2 is 1.81 bits per heavy atom. The molecule has 0 bridgehead atoms. The van der Waals surface area contributed by atoms with Gasteiger partial charge in [-0.05, 0) is 55.5 Å². The number of aryl methyl sites for hydroxylation is 2. The number of benzene rings is 2. The van der Waals surface area contributed by atoms with E-state index in [4.69, 9.17) is 11.6 Å². The molecule has 3 rings (SSSR count). The van der Waals surface area contributed by atoms with Crippen LogP contribution >= 0.6 is 11.6 Å². The second kappa shape index (κ2) is 9.05. The van der Waals surface area contributed by atoms with E-state index in [0.717, 1.165) is 17.7 Å². The molecule has 1 aliphatic heterocycles. The molecule has 2 aromatic rings. The number of carbonyl (C=O) groups is 2. The second-order valence-electron chi connectivity index (χ2n) is 7.09. The van der Waals surface area contributed by atoms with E-state index in [1.54, 1.807) is 6.07 Å². The maximum atomic E-state index is 12.5. The van der Waals surface area contributed by atoms with E-state index in [-0.39, 0.29) is 17.7 Å². The summed E-state index contributed by atoms with van der Waals surface area (Å²) < 4.78 is 0. The fraction of sp³-hybridized carbons (Fsp3) is 0.364. The topological polar surface area (TPSA) is 49.4 Å². The van der Waals surface area contributed by atoms with Crippen molar-refractivity contribution in [1.29, 1.82) is 0 Å². The van der Waals surface area contributed by atoms with Crippen LogP contribution in [-0.2, 0) is 16.0 Å². The molecule has 27 heavy (non-hydrogen) atoms. The lowest BCUT2D eigenvalue weighted by Crippen LogP contribution is -2.41. The second-order valence-corrected chi connectivity index (χ2v) is 7.53. The van der Waals surface area contributed by atoms with Crippen LogP contribution in [0, 0.1) is 12.8 Å². The summed E-state index contributed by atoms with van der Waals surface area (Å²) in [6.07, 6.45) is 2.69. The minimum Gasteiger partial charge on any atom is -0.343 e. The average molecular weight is 385 g/mol. The molecule has 2 aromatic carbocycles. The molecule has 1 N–H and O–H groups in total. The van der Waals surface area contributed by atoms with Crippen molar-refractivity contribution in [3.05, 3.63) is 64.7 Å². The third-order valence-electron chi connectivity index (χ3n) is 5.14. The molecular formula is C22H25ClN2O2. The SMILES string of the molecule is Cc1cc(Cl)ccc1NC(=O)C1CCN(C(=O)CCc2ccccc2)CC1. The fourth-order valence-electron chi connectivity index (χ4n) is 3.45. The van der Waals surface area contributed by atoms with Crippen LogP contribution in [0.4, 0.5) is 5.69 Å². The van der Waals surface area contributed by atoms with Gasteiger partial charge in [0.1, 0.15) is 0 Å². The summed E-state index contributed by atoms with van der Waals surface area (Å²) in [5.41, 5.74) is 2.92. The Kier molecular flexibility index (Phi) is 6.51. The molecule has 0 spiro atoms. The van der Waals surface area contributed by atoms with Crippen LogP contribution in [0.1, 0.15) is 30.4 Å². The molecule has 1 heterocycles. The number of halogens is 1.